The van der Waals surface area contributed by atoms with E-state index in [9.17, 15) is 19.2 Å². The zero-order chi connectivity index (χ0) is 34.8. The SMILES string of the molecule is C[C@@H]1CC2=CC(=O)CCC2C2CC[C@@]3(C)C(C4CC4[C@@]34CCC(=O)O4)C21.C[C@]12CCC3C4CCC(=O)C=C4C=CC3C1C1CC1[C@@]21CCC(=O)O1. The lowest BCUT2D eigenvalue weighted by Crippen LogP contribution is -2.56. The fourth-order valence-corrected chi connectivity index (χ4v) is 16.9. The van der Waals surface area contributed by atoms with Crippen LogP contribution in [-0.2, 0) is 28.7 Å². The molecule has 0 radical (unpaired) electrons. The summed E-state index contributed by atoms with van der Waals surface area (Å²) >= 11 is 0. The van der Waals surface area contributed by atoms with Crippen molar-refractivity contribution in [2.75, 3.05) is 0 Å². The summed E-state index contributed by atoms with van der Waals surface area (Å²) in [5.74, 6) is 9.63. The van der Waals surface area contributed by atoms with Crippen LogP contribution >= 0.6 is 0 Å². The number of rotatable bonds is 0. The van der Waals surface area contributed by atoms with Crippen molar-refractivity contribution in [3.63, 3.8) is 0 Å². The van der Waals surface area contributed by atoms with Gasteiger partial charge < -0.3 is 9.47 Å². The van der Waals surface area contributed by atoms with Gasteiger partial charge in [0.05, 0.1) is 0 Å². The van der Waals surface area contributed by atoms with Crippen LogP contribution in [-0.4, -0.2) is 34.7 Å². The number of fused-ring (bicyclic) bond motifs is 18. The normalized spacial score (nSPS) is 56.1. The second-order valence-corrected chi connectivity index (χ2v) is 20.3. The highest BCUT2D eigenvalue weighted by molar-refractivity contribution is 5.92. The van der Waals surface area contributed by atoms with E-state index in [0.29, 0.717) is 71.8 Å². The monoisotopic (exact) mass is 692 g/mol. The molecule has 2 saturated heterocycles. The summed E-state index contributed by atoms with van der Waals surface area (Å²) in [7, 11) is 0. The van der Waals surface area contributed by atoms with Gasteiger partial charge in [-0.05, 0) is 153 Å². The molecule has 2 aliphatic heterocycles. The Kier molecular flexibility index (Phi) is 6.50. The lowest BCUT2D eigenvalue weighted by Gasteiger charge is -2.58. The van der Waals surface area contributed by atoms with Crippen molar-refractivity contribution >= 4 is 23.5 Å². The number of ether oxygens (including phenoxy) is 2. The first kappa shape index (κ1) is 32.0. The molecule has 12 aliphatic rings. The van der Waals surface area contributed by atoms with E-state index in [4.69, 9.17) is 9.47 Å². The molecule has 2 spiro atoms. The summed E-state index contributed by atoms with van der Waals surface area (Å²) in [5.41, 5.74) is 2.80. The molecule has 0 aromatic rings. The summed E-state index contributed by atoms with van der Waals surface area (Å²) in [4.78, 5) is 47.9. The fourth-order valence-electron chi connectivity index (χ4n) is 16.9. The van der Waals surface area contributed by atoms with Crippen molar-refractivity contribution in [3.05, 3.63) is 35.5 Å². The van der Waals surface area contributed by atoms with Crippen molar-refractivity contribution in [3.8, 4) is 0 Å². The smallest absolute Gasteiger partial charge is 0.306 e. The number of carbonyl (C=O) groups is 4. The third-order valence-corrected chi connectivity index (χ3v) is 18.8. The van der Waals surface area contributed by atoms with Crippen LogP contribution in [0.15, 0.2) is 35.5 Å². The van der Waals surface area contributed by atoms with Gasteiger partial charge in [0.25, 0.3) is 0 Å². The van der Waals surface area contributed by atoms with Crippen LogP contribution in [0, 0.1) is 87.8 Å². The maximum Gasteiger partial charge on any atom is 0.306 e. The summed E-state index contributed by atoms with van der Waals surface area (Å²) in [6.07, 6.45) is 23.9. The zero-order valence-corrected chi connectivity index (χ0v) is 30.9. The van der Waals surface area contributed by atoms with E-state index in [1.807, 2.05) is 12.2 Å². The van der Waals surface area contributed by atoms with Crippen LogP contribution in [0.1, 0.15) is 117 Å². The highest BCUT2D eigenvalue weighted by Crippen LogP contribution is 2.80. The Hall–Kier alpha value is -2.50. The Morgan fingerprint density at radius 1 is 0.647 bits per heavy atom. The summed E-state index contributed by atoms with van der Waals surface area (Å²) in [5, 5.41) is 0. The highest BCUT2D eigenvalue weighted by Gasteiger charge is 2.80. The van der Waals surface area contributed by atoms with Crippen LogP contribution in [0.4, 0.5) is 0 Å². The van der Waals surface area contributed by atoms with E-state index in [2.05, 4.69) is 32.9 Å². The largest absolute Gasteiger partial charge is 0.458 e. The van der Waals surface area contributed by atoms with E-state index in [1.165, 1.54) is 49.7 Å². The van der Waals surface area contributed by atoms with E-state index in [-0.39, 0.29) is 34.0 Å². The topological polar surface area (TPSA) is 86.7 Å². The lowest BCUT2D eigenvalue weighted by molar-refractivity contribution is -0.176. The van der Waals surface area contributed by atoms with E-state index >= 15 is 0 Å². The predicted octanol–water partition coefficient (Wildman–Crippen LogP) is 8.14. The number of hydrogen-bond donors (Lipinski definition) is 0. The minimum atomic E-state index is -0.156. The molecule has 12 unspecified atom stereocenters. The first-order valence-corrected chi connectivity index (χ1v) is 21.1. The van der Waals surface area contributed by atoms with Gasteiger partial charge in [0.2, 0.25) is 0 Å². The quantitative estimate of drug-likeness (QED) is 0.238. The number of hydrogen-bond acceptors (Lipinski definition) is 6. The maximum absolute atomic E-state index is 12.1. The van der Waals surface area contributed by atoms with Crippen LogP contribution < -0.4 is 0 Å². The van der Waals surface area contributed by atoms with Gasteiger partial charge in [-0.15, -0.1) is 0 Å². The van der Waals surface area contributed by atoms with Gasteiger partial charge in [0, 0.05) is 48.3 Å². The van der Waals surface area contributed by atoms with Gasteiger partial charge in [0.1, 0.15) is 11.2 Å². The standard InChI is InChI=1S/C23H30O3.C22H26O3/c1-12-9-13-10-14(24)3-4-15(13)16-5-7-22(2)21(20(12)16)17-11-18(17)23(22)8-6-19(25)26-23;1-21-8-6-15-14-5-3-13(23)10-12(14)2-4-16(15)20(21)17-11-18(17)22(21)9-7-19(24)25-22/h10,12,15-18,20-21H,3-9,11H2,1-2H3;2,4,10,14-18,20H,3,5-9,11H2,1H3/t12-,15?,16?,17?,18?,20?,21?,22+,23+;14?,15?,16?,17?,18?,20?,21-,22-/m10/s1. The minimum Gasteiger partial charge on any atom is -0.458 e. The molecule has 2 heterocycles. The molecule has 12 rings (SSSR count). The zero-order valence-electron chi connectivity index (χ0n) is 30.9. The fraction of sp³-hybridized carbons (Fsp3) is 0.778. The molecule has 51 heavy (non-hydrogen) atoms. The van der Waals surface area contributed by atoms with Crippen molar-refractivity contribution in [1.29, 1.82) is 0 Å². The Balaban J connectivity index is 0.000000122. The molecule has 0 amide bonds. The Morgan fingerprint density at radius 3 is 1.88 bits per heavy atom. The van der Waals surface area contributed by atoms with E-state index < -0.39 is 0 Å². The van der Waals surface area contributed by atoms with E-state index in [1.54, 1.807) is 0 Å². The second-order valence-electron chi connectivity index (χ2n) is 20.3. The third-order valence-electron chi connectivity index (χ3n) is 18.8. The van der Waals surface area contributed by atoms with Gasteiger partial charge in [-0.3, -0.25) is 19.2 Å². The number of ketones is 2. The number of allylic oxidation sites excluding steroid dienone is 5. The molecule has 0 aromatic heterocycles. The molecule has 0 aromatic carbocycles. The van der Waals surface area contributed by atoms with Crippen LogP contribution in [0.2, 0.25) is 0 Å². The van der Waals surface area contributed by atoms with Crippen molar-refractivity contribution < 1.29 is 28.7 Å². The Bertz CT molecular complexity index is 1740. The highest BCUT2D eigenvalue weighted by atomic mass is 16.6. The van der Waals surface area contributed by atoms with Crippen molar-refractivity contribution in [2.24, 2.45) is 87.8 Å². The molecule has 10 aliphatic carbocycles. The molecular weight excluding hydrogens is 636 g/mol. The molecule has 272 valence electrons. The molecule has 6 heteroatoms. The van der Waals surface area contributed by atoms with Gasteiger partial charge in [-0.2, -0.15) is 0 Å². The predicted molar refractivity (Wildman–Crippen MR) is 189 cm³/mol. The van der Waals surface area contributed by atoms with Gasteiger partial charge in [-0.1, -0.05) is 38.5 Å². The average Bonchev–Trinajstić information content (AvgIpc) is 3.96. The molecular formula is C45H56O6. The molecule has 0 N–H and O–H groups in total. The second kappa shape index (κ2) is 10.4. The lowest BCUT2D eigenvalue weighted by atomic mass is 9.47. The number of carbonyl (C=O) groups excluding carboxylic acids is 4. The van der Waals surface area contributed by atoms with Crippen molar-refractivity contribution in [1.82, 2.24) is 0 Å². The van der Waals surface area contributed by atoms with Gasteiger partial charge in [-0.25, -0.2) is 0 Å². The third kappa shape index (κ3) is 4.02. The van der Waals surface area contributed by atoms with E-state index in [0.717, 1.165) is 74.5 Å². The molecule has 6 nitrogen and oxygen atoms in total. The van der Waals surface area contributed by atoms with Gasteiger partial charge in [0.15, 0.2) is 11.6 Å². The Labute approximate surface area is 303 Å². The first-order chi connectivity index (χ1) is 24.5. The summed E-state index contributed by atoms with van der Waals surface area (Å²) in [6.45, 7) is 7.34. The average molecular weight is 693 g/mol. The van der Waals surface area contributed by atoms with Crippen LogP contribution in [0.25, 0.3) is 0 Å². The maximum atomic E-state index is 12.1. The van der Waals surface area contributed by atoms with Gasteiger partial charge >= 0.3 is 11.9 Å². The minimum absolute atomic E-state index is 0.0323. The number of esters is 2. The Morgan fingerprint density at radius 2 is 1.24 bits per heavy atom. The summed E-state index contributed by atoms with van der Waals surface area (Å²) in [6, 6.07) is 0. The van der Waals surface area contributed by atoms with Crippen LogP contribution in [0.3, 0.4) is 0 Å². The van der Waals surface area contributed by atoms with Crippen LogP contribution in [0.5, 0.6) is 0 Å². The molecule has 7 saturated carbocycles. The molecule has 17 atom stereocenters. The van der Waals surface area contributed by atoms with Crippen molar-refractivity contribution in [2.45, 2.75) is 128 Å². The summed E-state index contributed by atoms with van der Waals surface area (Å²) < 4.78 is 12.3. The first-order valence-electron chi connectivity index (χ1n) is 21.1. The molecule has 0 bridgehead atoms. The molecule has 9 fully saturated rings.